The lowest BCUT2D eigenvalue weighted by Crippen LogP contribution is -2.10. The van der Waals surface area contributed by atoms with Gasteiger partial charge in [0.25, 0.3) is 0 Å². The highest BCUT2D eigenvalue weighted by atomic mass is 16.3. The summed E-state index contributed by atoms with van der Waals surface area (Å²) in [5.41, 5.74) is 15.5. The number of benzene rings is 10. The first-order chi connectivity index (χ1) is 30.2. The molecule has 3 nitrogen and oxygen atoms in total. The fourth-order valence-electron chi connectivity index (χ4n) is 9.25. The summed E-state index contributed by atoms with van der Waals surface area (Å²) in [5.74, 6) is 0. The van der Waals surface area contributed by atoms with Crippen LogP contribution in [0.5, 0.6) is 0 Å². The highest BCUT2D eigenvalue weighted by molar-refractivity contribution is 6.17. The van der Waals surface area contributed by atoms with E-state index in [-0.39, 0.29) is 0 Å². The third-order valence-corrected chi connectivity index (χ3v) is 12.1. The smallest absolute Gasteiger partial charge is 0.143 e. The summed E-state index contributed by atoms with van der Waals surface area (Å²) in [6.07, 6.45) is 0. The number of hydrogen-bond acceptors (Lipinski definition) is 3. The van der Waals surface area contributed by atoms with Gasteiger partial charge in [0.15, 0.2) is 0 Å². The van der Waals surface area contributed by atoms with Crippen LogP contribution in [0.15, 0.2) is 233 Å². The summed E-state index contributed by atoms with van der Waals surface area (Å²) in [7, 11) is 0. The van der Waals surface area contributed by atoms with E-state index in [9.17, 15) is 0 Å². The van der Waals surface area contributed by atoms with Crippen molar-refractivity contribution >= 4 is 71.7 Å². The van der Waals surface area contributed by atoms with E-state index in [1.165, 1.54) is 27.5 Å². The van der Waals surface area contributed by atoms with E-state index >= 15 is 0 Å². The number of para-hydroxylation sites is 2. The molecule has 61 heavy (non-hydrogen) atoms. The summed E-state index contributed by atoms with van der Waals surface area (Å²) in [6, 6.07) is 79.7. The minimum absolute atomic E-state index is 0.821. The molecule has 0 spiro atoms. The Morgan fingerprint density at radius 2 is 0.869 bits per heavy atom. The molecule has 0 saturated carbocycles. The summed E-state index contributed by atoms with van der Waals surface area (Å²) in [4.78, 5) is 2.33. The van der Waals surface area contributed by atoms with E-state index < -0.39 is 0 Å². The van der Waals surface area contributed by atoms with Gasteiger partial charge < -0.3 is 13.7 Å². The van der Waals surface area contributed by atoms with Gasteiger partial charge in [-0.3, -0.25) is 0 Å². The lowest BCUT2D eigenvalue weighted by molar-refractivity contribution is 0.669. The highest BCUT2D eigenvalue weighted by Crippen LogP contribution is 2.47. The van der Waals surface area contributed by atoms with E-state index in [0.717, 1.165) is 88.8 Å². The Morgan fingerprint density at radius 1 is 0.279 bits per heavy atom. The molecule has 0 unspecified atom stereocenters. The van der Waals surface area contributed by atoms with Gasteiger partial charge in [-0.2, -0.15) is 0 Å². The minimum atomic E-state index is 0.821. The molecule has 0 saturated heterocycles. The molecule has 0 aliphatic carbocycles. The van der Waals surface area contributed by atoms with E-state index in [2.05, 4.69) is 223 Å². The number of furan rings is 2. The first-order valence-electron chi connectivity index (χ1n) is 20.7. The predicted molar refractivity (Wildman–Crippen MR) is 255 cm³/mol. The average molecular weight is 780 g/mol. The minimum Gasteiger partial charge on any atom is -0.456 e. The van der Waals surface area contributed by atoms with E-state index in [4.69, 9.17) is 8.83 Å². The predicted octanol–water partition coefficient (Wildman–Crippen LogP) is 16.8. The molecule has 12 rings (SSSR count). The van der Waals surface area contributed by atoms with Crippen molar-refractivity contribution in [3.05, 3.63) is 224 Å². The zero-order valence-electron chi connectivity index (χ0n) is 33.1. The molecule has 10 aromatic carbocycles. The maximum absolute atomic E-state index is 6.97. The zero-order valence-corrected chi connectivity index (χ0v) is 33.1. The van der Waals surface area contributed by atoms with Crippen LogP contribution >= 0.6 is 0 Å². The fraction of sp³-hybridized carbons (Fsp3) is 0. The largest absolute Gasteiger partial charge is 0.456 e. The second-order valence-electron chi connectivity index (χ2n) is 15.6. The Labute approximate surface area is 353 Å². The molecule has 0 amide bonds. The molecule has 0 fully saturated rings. The summed E-state index contributed by atoms with van der Waals surface area (Å²) in [6.45, 7) is 0. The van der Waals surface area contributed by atoms with Gasteiger partial charge in [-0.25, -0.2) is 0 Å². The topological polar surface area (TPSA) is 29.5 Å². The first kappa shape index (κ1) is 34.9. The van der Waals surface area contributed by atoms with Crippen LogP contribution in [0, 0.1) is 0 Å². The second-order valence-corrected chi connectivity index (χ2v) is 15.6. The Morgan fingerprint density at radius 3 is 1.70 bits per heavy atom. The summed E-state index contributed by atoms with van der Waals surface area (Å²) < 4.78 is 13.7. The maximum Gasteiger partial charge on any atom is 0.143 e. The van der Waals surface area contributed by atoms with Crippen LogP contribution < -0.4 is 4.90 Å². The molecular weight excluding hydrogens is 743 g/mol. The van der Waals surface area contributed by atoms with Crippen molar-refractivity contribution in [2.75, 3.05) is 4.90 Å². The van der Waals surface area contributed by atoms with Crippen LogP contribution in [0.2, 0.25) is 0 Å². The molecule has 0 aliphatic rings. The van der Waals surface area contributed by atoms with Crippen molar-refractivity contribution in [2.45, 2.75) is 0 Å². The van der Waals surface area contributed by atoms with E-state index in [1.807, 2.05) is 6.07 Å². The Bertz CT molecular complexity index is 3580. The van der Waals surface area contributed by atoms with Gasteiger partial charge in [0.05, 0.1) is 5.69 Å². The fourth-order valence-corrected chi connectivity index (χ4v) is 9.25. The van der Waals surface area contributed by atoms with Gasteiger partial charge in [0.1, 0.15) is 22.3 Å². The number of hydrogen-bond donors (Lipinski definition) is 0. The van der Waals surface area contributed by atoms with E-state index in [1.54, 1.807) is 0 Å². The molecule has 0 aliphatic heterocycles. The molecule has 286 valence electrons. The summed E-state index contributed by atoms with van der Waals surface area (Å²) in [5, 5.41) is 6.75. The Balaban J connectivity index is 1.08. The second kappa shape index (κ2) is 14.3. The number of anilines is 3. The lowest BCUT2D eigenvalue weighted by Gasteiger charge is -2.26. The Hall–Kier alpha value is -8.14. The van der Waals surface area contributed by atoms with Gasteiger partial charge >= 0.3 is 0 Å². The third kappa shape index (κ3) is 5.90. The molecule has 0 bridgehead atoms. The van der Waals surface area contributed by atoms with Gasteiger partial charge in [-0.15, -0.1) is 0 Å². The molecule has 2 heterocycles. The van der Waals surface area contributed by atoms with Crippen molar-refractivity contribution in [3.63, 3.8) is 0 Å². The quantitative estimate of drug-likeness (QED) is 0.161. The lowest BCUT2D eigenvalue weighted by atomic mass is 9.93. The van der Waals surface area contributed by atoms with Crippen molar-refractivity contribution in [1.82, 2.24) is 0 Å². The van der Waals surface area contributed by atoms with Gasteiger partial charge in [0.2, 0.25) is 0 Å². The van der Waals surface area contributed by atoms with Crippen molar-refractivity contribution in [2.24, 2.45) is 0 Å². The van der Waals surface area contributed by atoms with Crippen LogP contribution in [0.1, 0.15) is 0 Å². The number of fused-ring (bicyclic) bond motifs is 7. The summed E-state index contributed by atoms with van der Waals surface area (Å²) >= 11 is 0. The zero-order chi connectivity index (χ0) is 40.3. The average Bonchev–Trinajstić information content (AvgIpc) is 3.90. The van der Waals surface area contributed by atoms with Crippen molar-refractivity contribution in [1.29, 1.82) is 0 Å². The molecule has 3 heteroatoms. The highest BCUT2D eigenvalue weighted by Gasteiger charge is 2.22. The van der Waals surface area contributed by atoms with Gasteiger partial charge in [0, 0.05) is 50.6 Å². The first-order valence-corrected chi connectivity index (χ1v) is 20.7. The van der Waals surface area contributed by atoms with Crippen LogP contribution in [-0.2, 0) is 0 Å². The van der Waals surface area contributed by atoms with Crippen LogP contribution in [0.25, 0.3) is 99.2 Å². The molecular formula is C58H37NO2. The normalized spacial score (nSPS) is 11.6. The molecule has 0 atom stereocenters. The SMILES string of the molecule is c1ccc(-c2ccc(N(c3ccc4c(c3)oc3c(-c5ccccc5-c5ccccc5)cccc34)c3cc(-c4cccc5ccccc45)c4c(c3)oc3ccccc34)cc2)cc1. The van der Waals surface area contributed by atoms with Crippen molar-refractivity contribution in [3.8, 4) is 44.5 Å². The molecule has 0 radical (unpaired) electrons. The van der Waals surface area contributed by atoms with Gasteiger partial charge in [-0.1, -0.05) is 176 Å². The van der Waals surface area contributed by atoms with Crippen LogP contribution in [0.4, 0.5) is 17.1 Å². The third-order valence-electron chi connectivity index (χ3n) is 12.1. The number of rotatable bonds is 7. The molecule has 0 N–H and O–H groups in total. The molecule has 2 aromatic heterocycles. The maximum atomic E-state index is 6.97. The number of nitrogens with zero attached hydrogens (tertiary/aromatic N) is 1. The van der Waals surface area contributed by atoms with Gasteiger partial charge in [-0.05, 0) is 86.1 Å². The monoisotopic (exact) mass is 779 g/mol. The Kier molecular flexibility index (Phi) is 8.17. The van der Waals surface area contributed by atoms with E-state index in [0.29, 0.717) is 0 Å². The standard InChI is InChI=1S/C58H37NO2/c1-3-15-38(16-4-1)39-29-31-42(32-30-39)59(44-35-53(48-25-13-20-41-19-7-8-21-46(41)48)57-52-24-11-12-28-54(52)60-56(57)37-44)43-33-34-49-51-27-14-26-50(58(51)61-55(49)36-43)47-23-10-9-22-45(47)40-17-5-2-6-18-40/h1-37H. The van der Waals surface area contributed by atoms with Crippen LogP contribution in [-0.4, -0.2) is 0 Å². The molecule has 12 aromatic rings. The van der Waals surface area contributed by atoms with Crippen LogP contribution in [0.3, 0.4) is 0 Å². The van der Waals surface area contributed by atoms with Crippen molar-refractivity contribution < 1.29 is 8.83 Å².